The number of benzene rings is 1. The number of likely N-dealkylation sites (tertiary alicyclic amines) is 1. The summed E-state index contributed by atoms with van der Waals surface area (Å²) in [5, 5.41) is 12.6. The minimum absolute atomic E-state index is 0.0874. The number of nitrogens with one attached hydrogen (secondary N) is 1. The summed E-state index contributed by atoms with van der Waals surface area (Å²) in [5.41, 5.74) is 1.07. The van der Waals surface area contributed by atoms with E-state index in [1.165, 1.54) is 0 Å². The third kappa shape index (κ3) is 2.80. The molecule has 2 aliphatic rings. The lowest BCUT2D eigenvalue weighted by Gasteiger charge is -2.23. The minimum atomic E-state index is -0.754. The lowest BCUT2D eigenvalue weighted by Crippen LogP contribution is -2.38. The normalized spacial score (nSPS) is 26.2. The lowest BCUT2D eigenvalue weighted by atomic mass is 9.81. The van der Waals surface area contributed by atoms with Crippen LogP contribution in [0.5, 0.6) is 0 Å². The highest BCUT2D eigenvalue weighted by Gasteiger charge is 2.55. The fourth-order valence-corrected chi connectivity index (χ4v) is 4.29. The first kappa shape index (κ1) is 16.2. The molecule has 23 heavy (non-hydrogen) atoms. The molecule has 0 spiro atoms. The van der Waals surface area contributed by atoms with E-state index in [0.29, 0.717) is 19.5 Å². The van der Waals surface area contributed by atoms with E-state index in [1.54, 1.807) is 16.7 Å². The van der Waals surface area contributed by atoms with Crippen LogP contribution in [0.1, 0.15) is 24.8 Å². The Balaban J connectivity index is 1.74. The number of urea groups is 1. The molecular formula is C17H22N2O3S. The number of hydrogen-bond donors (Lipinski definition) is 2. The van der Waals surface area contributed by atoms with E-state index >= 15 is 0 Å². The van der Waals surface area contributed by atoms with Gasteiger partial charge in [0.2, 0.25) is 0 Å². The SMILES string of the molecule is CSc1ccc(C)c(NC(=O)N2C[C@@H]3CCC[C@@]3(C(=O)O)C2)c1. The highest BCUT2D eigenvalue weighted by atomic mass is 32.2. The molecule has 0 bridgehead atoms. The Morgan fingerprint density at radius 3 is 2.87 bits per heavy atom. The van der Waals surface area contributed by atoms with Crippen molar-refractivity contribution in [2.75, 3.05) is 24.7 Å². The van der Waals surface area contributed by atoms with Crippen LogP contribution >= 0.6 is 11.8 Å². The molecule has 0 aromatic heterocycles. The van der Waals surface area contributed by atoms with Crippen LogP contribution in [0.2, 0.25) is 0 Å². The van der Waals surface area contributed by atoms with E-state index < -0.39 is 11.4 Å². The number of carboxylic acids is 1. The Kier molecular flexibility index (Phi) is 4.27. The second-order valence-electron chi connectivity index (χ2n) is 6.54. The standard InChI is InChI=1S/C17H22N2O3S/c1-11-5-6-13(23-2)8-14(11)18-16(22)19-9-12-4-3-7-17(12,10-19)15(20)21/h5-6,8,12H,3-4,7,9-10H2,1-2H3,(H,18,22)(H,20,21)/t12-,17+/m0/s1. The van der Waals surface area contributed by atoms with Crippen molar-refractivity contribution in [3.05, 3.63) is 23.8 Å². The van der Waals surface area contributed by atoms with Crippen LogP contribution in [0.15, 0.2) is 23.1 Å². The number of thioether (sulfide) groups is 1. The van der Waals surface area contributed by atoms with Gasteiger partial charge in [0.25, 0.3) is 0 Å². The van der Waals surface area contributed by atoms with Crippen LogP contribution in [0.4, 0.5) is 10.5 Å². The van der Waals surface area contributed by atoms with Crippen molar-refractivity contribution in [3.63, 3.8) is 0 Å². The van der Waals surface area contributed by atoms with Crippen LogP contribution in [-0.2, 0) is 4.79 Å². The van der Waals surface area contributed by atoms with Gasteiger partial charge in [-0.05, 0) is 49.6 Å². The number of aryl methyl sites for hydroxylation is 1. The summed E-state index contributed by atoms with van der Waals surface area (Å²) in [6.45, 7) is 2.82. The first-order chi connectivity index (χ1) is 11.0. The largest absolute Gasteiger partial charge is 0.481 e. The predicted octanol–water partition coefficient (Wildman–Crippen LogP) is 3.44. The number of carbonyl (C=O) groups is 2. The van der Waals surface area contributed by atoms with Gasteiger partial charge in [-0.3, -0.25) is 4.79 Å². The van der Waals surface area contributed by atoms with Crippen LogP contribution in [0.25, 0.3) is 0 Å². The quantitative estimate of drug-likeness (QED) is 0.831. The molecule has 2 fully saturated rings. The molecule has 2 amide bonds. The molecule has 6 heteroatoms. The third-order valence-corrected chi connectivity index (χ3v) is 6.00. The predicted molar refractivity (Wildman–Crippen MR) is 91.0 cm³/mol. The van der Waals surface area contributed by atoms with Crippen molar-refractivity contribution in [1.82, 2.24) is 4.90 Å². The lowest BCUT2D eigenvalue weighted by molar-refractivity contribution is -0.149. The molecule has 5 nitrogen and oxygen atoms in total. The Morgan fingerprint density at radius 1 is 1.43 bits per heavy atom. The van der Waals surface area contributed by atoms with Crippen LogP contribution in [0.3, 0.4) is 0 Å². The smallest absolute Gasteiger partial charge is 0.321 e. The van der Waals surface area contributed by atoms with Gasteiger partial charge in [-0.1, -0.05) is 12.5 Å². The summed E-state index contributed by atoms with van der Waals surface area (Å²) in [6, 6.07) is 5.78. The average Bonchev–Trinajstić information content (AvgIpc) is 3.07. The van der Waals surface area contributed by atoms with Crippen LogP contribution in [-0.4, -0.2) is 41.4 Å². The van der Waals surface area contributed by atoms with Gasteiger partial charge in [0.1, 0.15) is 0 Å². The van der Waals surface area contributed by atoms with Gasteiger partial charge < -0.3 is 15.3 Å². The molecular weight excluding hydrogens is 312 g/mol. The van der Waals surface area contributed by atoms with Crippen molar-refractivity contribution in [3.8, 4) is 0 Å². The van der Waals surface area contributed by atoms with Crippen LogP contribution in [0, 0.1) is 18.3 Å². The van der Waals surface area contributed by atoms with Gasteiger partial charge in [0.15, 0.2) is 0 Å². The second kappa shape index (κ2) is 6.07. The number of rotatable bonds is 3. The molecule has 2 atom stereocenters. The van der Waals surface area contributed by atoms with E-state index in [-0.39, 0.29) is 11.9 Å². The summed E-state index contributed by atoms with van der Waals surface area (Å²) in [6.07, 6.45) is 4.52. The van der Waals surface area contributed by atoms with Crippen LogP contribution < -0.4 is 5.32 Å². The van der Waals surface area contributed by atoms with E-state index in [4.69, 9.17) is 0 Å². The minimum Gasteiger partial charge on any atom is -0.481 e. The molecule has 1 aromatic rings. The first-order valence-corrected chi connectivity index (χ1v) is 9.13. The maximum absolute atomic E-state index is 12.6. The summed E-state index contributed by atoms with van der Waals surface area (Å²) in [5.74, 6) is -0.666. The molecule has 124 valence electrons. The zero-order valence-electron chi connectivity index (χ0n) is 13.5. The number of anilines is 1. The number of aliphatic carboxylic acids is 1. The number of carbonyl (C=O) groups excluding carboxylic acids is 1. The van der Waals surface area contributed by atoms with E-state index in [9.17, 15) is 14.7 Å². The zero-order valence-corrected chi connectivity index (χ0v) is 14.3. The maximum atomic E-state index is 12.6. The monoisotopic (exact) mass is 334 g/mol. The van der Waals surface area contributed by atoms with Gasteiger partial charge in [0, 0.05) is 23.7 Å². The summed E-state index contributed by atoms with van der Waals surface area (Å²) in [7, 11) is 0. The summed E-state index contributed by atoms with van der Waals surface area (Å²) >= 11 is 1.63. The van der Waals surface area contributed by atoms with Gasteiger partial charge in [0.05, 0.1) is 5.41 Å². The Hall–Kier alpha value is -1.69. The molecule has 1 aliphatic heterocycles. The molecule has 2 N–H and O–H groups in total. The molecule has 1 heterocycles. The number of fused-ring (bicyclic) bond motifs is 1. The molecule has 1 saturated heterocycles. The molecule has 1 saturated carbocycles. The topological polar surface area (TPSA) is 69.6 Å². The Labute approximate surface area is 140 Å². The zero-order chi connectivity index (χ0) is 16.6. The first-order valence-electron chi connectivity index (χ1n) is 7.90. The maximum Gasteiger partial charge on any atom is 0.321 e. The number of hydrogen-bond acceptors (Lipinski definition) is 3. The molecule has 0 radical (unpaired) electrons. The molecule has 1 aliphatic carbocycles. The average molecular weight is 334 g/mol. The molecule has 0 unspecified atom stereocenters. The highest BCUT2D eigenvalue weighted by molar-refractivity contribution is 7.98. The number of nitrogens with zero attached hydrogens (tertiary/aromatic N) is 1. The Bertz CT molecular complexity index is 649. The summed E-state index contributed by atoms with van der Waals surface area (Å²) < 4.78 is 0. The van der Waals surface area contributed by atoms with Gasteiger partial charge in [-0.15, -0.1) is 11.8 Å². The second-order valence-corrected chi connectivity index (χ2v) is 7.42. The number of amides is 2. The highest BCUT2D eigenvalue weighted by Crippen LogP contribution is 2.49. The van der Waals surface area contributed by atoms with E-state index in [0.717, 1.165) is 29.0 Å². The number of carboxylic acid groups (broad SMARTS) is 1. The van der Waals surface area contributed by atoms with Crippen molar-refractivity contribution >= 4 is 29.4 Å². The summed E-state index contributed by atoms with van der Waals surface area (Å²) in [4.78, 5) is 27.0. The third-order valence-electron chi connectivity index (χ3n) is 5.27. The van der Waals surface area contributed by atoms with Gasteiger partial charge in [-0.25, -0.2) is 4.79 Å². The van der Waals surface area contributed by atoms with Crippen molar-refractivity contribution in [2.45, 2.75) is 31.1 Å². The molecule has 1 aromatic carbocycles. The Morgan fingerprint density at radius 2 is 2.22 bits per heavy atom. The van der Waals surface area contributed by atoms with Crippen molar-refractivity contribution < 1.29 is 14.7 Å². The fraction of sp³-hybridized carbons (Fsp3) is 0.529. The van der Waals surface area contributed by atoms with Crippen molar-refractivity contribution in [2.24, 2.45) is 11.3 Å². The van der Waals surface area contributed by atoms with Crippen molar-refractivity contribution in [1.29, 1.82) is 0 Å². The molecule has 3 rings (SSSR count). The van der Waals surface area contributed by atoms with E-state index in [1.807, 2.05) is 31.4 Å². The van der Waals surface area contributed by atoms with Gasteiger partial charge in [-0.2, -0.15) is 0 Å². The van der Waals surface area contributed by atoms with E-state index in [2.05, 4.69) is 5.32 Å². The fourth-order valence-electron chi connectivity index (χ4n) is 3.85. The van der Waals surface area contributed by atoms with Gasteiger partial charge >= 0.3 is 12.0 Å².